The van der Waals surface area contributed by atoms with Crippen LogP contribution in [0.4, 0.5) is 0 Å². The second-order valence-corrected chi connectivity index (χ2v) is 8.38. The van der Waals surface area contributed by atoms with Gasteiger partial charge in [-0.05, 0) is 44.0 Å². The predicted molar refractivity (Wildman–Crippen MR) is 106 cm³/mol. The maximum Gasteiger partial charge on any atom is 0.230 e. The van der Waals surface area contributed by atoms with Gasteiger partial charge in [-0.2, -0.15) is 0 Å². The van der Waals surface area contributed by atoms with Gasteiger partial charge in [-0.15, -0.1) is 11.3 Å². The van der Waals surface area contributed by atoms with E-state index >= 15 is 0 Å². The van der Waals surface area contributed by atoms with E-state index in [-0.39, 0.29) is 11.9 Å². The number of benzene rings is 1. The maximum absolute atomic E-state index is 12.3. The fourth-order valence-electron chi connectivity index (χ4n) is 2.51. The van der Waals surface area contributed by atoms with Crippen molar-refractivity contribution in [1.29, 1.82) is 0 Å². The van der Waals surface area contributed by atoms with Crippen molar-refractivity contribution in [3.05, 3.63) is 51.6 Å². The molecule has 0 fully saturated rings. The molecule has 1 N–H and O–H groups in total. The van der Waals surface area contributed by atoms with E-state index in [1.165, 1.54) is 22.2 Å². The van der Waals surface area contributed by atoms with Gasteiger partial charge >= 0.3 is 0 Å². The van der Waals surface area contributed by atoms with E-state index in [2.05, 4.69) is 29.1 Å². The van der Waals surface area contributed by atoms with Gasteiger partial charge in [0.1, 0.15) is 16.2 Å². The van der Waals surface area contributed by atoms with Crippen molar-refractivity contribution in [2.24, 2.45) is 0 Å². The lowest BCUT2D eigenvalue weighted by molar-refractivity contribution is -0.119. The number of nitrogens with zero attached hydrogens (tertiary/aromatic N) is 2. The highest BCUT2D eigenvalue weighted by atomic mass is 35.5. The highest BCUT2D eigenvalue weighted by molar-refractivity contribution is 8.00. The van der Waals surface area contributed by atoms with Crippen LogP contribution in [0.3, 0.4) is 0 Å². The van der Waals surface area contributed by atoms with E-state index in [9.17, 15) is 4.79 Å². The normalized spacial score (nSPS) is 12.3. The van der Waals surface area contributed by atoms with Gasteiger partial charge in [-0.1, -0.05) is 35.5 Å². The summed E-state index contributed by atoms with van der Waals surface area (Å²) in [7, 11) is 0. The minimum Gasteiger partial charge on any atom is -0.349 e. The molecule has 0 aliphatic heterocycles. The van der Waals surface area contributed by atoms with E-state index in [0.717, 1.165) is 20.8 Å². The van der Waals surface area contributed by atoms with E-state index in [0.29, 0.717) is 10.8 Å². The number of aromatic nitrogens is 2. The summed E-state index contributed by atoms with van der Waals surface area (Å²) in [5, 5.41) is 5.62. The fraction of sp³-hybridized carbons (Fsp3) is 0.278. The minimum atomic E-state index is -0.0686. The van der Waals surface area contributed by atoms with Crippen molar-refractivity contribution < 1.29 is 4.79 Å². The van der Waals surface area contributed by atoms with Crippen molar-refractivity contribution in [2.45, 2.75) is 31.8 Å². The first-order valence-corrected chi connectivity index (χ1v) is 10.0. The second-order valence-electron chi connectivity index (χ2n) is 5.77. The van der Waals surface area contributed by atoms with Gasteiger partial charge in [-0.25, -0.2) is 9.97 Å². The maximum atomic E-state index is 12.3. The summed E-state index contributed by atoms with van der Waals surface area (Å²) in [6.07, 6.45) is 1.56. The number of carbonyl (C=O) groups excluding carboxylic acids is 1. The number of fused-ring (bicyclic) bond motifs is 1. The second kappa shape index (κ2) is 7.72. The Bertz CT molecular complexity index is 909. The third-order valence-electron chi connectivity index (χ3n) is 4.02. The van der Waals surface area contributed by atoms with Crippen LogP contribution in [0, 0.1) is 13.8 Å². The first-order chi connectivity index (χ1) is 12.0. The van der Waals surface area contributed by atoms with Crippen LogP contribution in [0.1, 0.15) is 29.0 Å². The lowest BCUT2D eigenvalue weighted by Crippen LogP contribution is -2.28. The average molecular weight is 392 g/mol. The zero-order valence-electron chi connectivity index (χ0n) is 14.2. The van der Waals surface area contributed by atoms with E-state index < -0.39 is 0 Å². The summed E-state index contributed by atoms with van der Waals surface area (Å²) < 4.78 is 0. The SMILES string of the molecule is Cc1sc2ncnc(SCC(=O)NC(C)c3ccc(Cl)cc3)c2c1C. The van der Waals surface area contributed by atoms with E-state index in [4.69, 9.17) is 11.6 Å². The number of nitrogens with one attached hydrogen (secondary N) is 1. The molecule has 1 amide bonds. The number of hydrogen-bond acceptors (Lipinski definition) is 5. The molecule has 0 saturated carbocycles. The highest BCUT2D eigenvalue weighted by Gasteiger charge is 2.15. The summed E-state index contributed by atoms with van der Waals surface area (Å²) in [6.45, 7) is 6.11. The van der Waals surface area contributed by atoms with Crippen molar-refractivity contribution in [2.75, 3.05) is 5.75 Å². The summed E-state index contributed by atoms with van der Waals surface area (Å²) >= 11 is 9.01. The third-order valence-corrected chi connectivity index (χ3v) is 6.37. The van der Waals surface area contributed by atoms with Crippen LogP contribution in [0.2, 0.25) is 5.02 Å². The molecular formula is C18H18ClN3OS2. The number of aryl methyl sites for hydroxylation is 2. The van der Waals surface area contributed by atoms with Crippen molar-refractivity contribution in [1.82, 2.24) is 15.3 Å². The summed E-state index contributed by atoms with van der Waals surface area (Å²) in [5.41, 5.74) is 2.22. The zero-order valence-corrected chi connectivity index (χ0v) is 16.6. The molecule has 130 valence electrons. The molecule has 2 heterocycles. The predicted octanol–water partition coefficient (Wildman–Crippen LogP) is 4.93. The van der Waals surface area contributed by atoms with Crippen LogP contribution in [0.25, 0.3) is 10.2 Å². The topological polar surface area (TPSA) is 54.9 Å². The Hall–Kier alpha value is -1.63. The first-order valence-electron chi connectivity index (χ1n) is 7.84. The third kappa shape index (κ3) is 4.14. The first kappa shape index (κ1) is 18.2. The molecule has 3 rings (SSSR count). The molecule has 25 heavy (non-hydrogen) atoms. The largest absolute Gasteiger partial charge is 0.349 e. The Kier molecular flexibility index (Phi) is 5.61. The lowest BCUT2D eigenvalue weighted by atomic mass is 10.1. The Morgan fingerprint density at radius 1 is 1.28 bits per heavy atom. The quantitative estimate of drug-likeness (QED) is 0.494. The van der Waals surface area contributed by atoms with Crippen LogP contribution in [0.15, 0.2) is 35.6 Å². The van der Waals surface area contributed by atoms with E-state index in [1.807, 2.05) is 31.2 Å². The summed E-state index contributed by atoms with van der Waals surface area (Å²) in [5.74, 6) is 0.294. The molecule has 0 aliphatic carbocycles. The molecule has 0 bridgehead atoms. The molecule has 2 aromatic heterocycles. The Labute approximate surface area is 160 Å². The van der Waals surface area contributed by atoms with Crippen molar-refractivity contribution in [3.63, 3.8) is 0 Å². The number of hydrogen-bond donors (Lipinski definition) is 1. The molecule has 3 aromatic rings. The van der Waals surface area contributed by atoms with Gasteiger partial charge in [-0.3, -0.25) is 4.79 Å². The molecule has 7 heteroatoms. The van der Waals surface area contributed by atoms with Gasteiger partial charge in [0.2, 0.25) is 5.91 Å². The number of thioether (sulfide) groups is 1. The van der Waals surface area contributed by atoms with Gasteiger partial charge in [0, 0.05) is 15.3 Å². The van der Waals surface area contributed by atoms with Gasteiger partial charge in [0.25, 0.3) is 0 Å². The van der Waals surface area contributed by atoms with Crippen molar-refractivity contribution in [3.8, 4) is 0 Å². The van der Waals surface area contributed by atoms with Crippen LogP contribution in [0.5, 0.6) is 0 Å². The Morgan fingerprint density at radius 2 is 2.00 bits per heavy atom. The molecule has 1 unspecified atom stereocenters. The number of carbonyl (C=O) groups is 1. The fourth-order valence-corrected chi connectivity index (χ4v) is 4.57. The standard InChI is InChI=1S/C18H18ClN3OS2/c1-10-12(3)25-18-16(10)17(20-9-21-18)24-8-15(23)22-11(2)13-4-6-14(19)7-5-13/h4-7,9,11H,8H2,1-3H3,(H,22,23). The van der Waals surface area contributed by atoms with Crippen molar-refractivity contribution >= 4 is 50.8 Å². The van der Waals surface area contributed by atoms with Gasteiger partial charge in [0.05, 0.1) is 11.8 Å². The molecule has 0 aliphatic rings. The van der Waals surface area contributed by atoms with Crippen LogP contribution in [-0.2, 0) is 4.79 Å². The molecule has 0 saturated heterocycles. The molecule has 0 spiro atoms. The number of amides is 1. The molecular weight excluding hydrogens is 374 g/mol. The van der Waals surface area contributed by atoms with Gasteiger partial charge in [0.15, 0.2) is 0 Å². The monoisotopic (exact) mass is 391 g/mol. The minimum absolute atomic E-state index is 0.0242. The van der Waals surface area contributed by atoms with E-state index in [1.54, 1.807) is 17.7 Å². The average Bonchev–Trinajstić information content (AvgIpc) is 2.88. The number of halogens is 1. The highest BCUT2D eigenvalue weighted by Crippen LogP contribution is 2.34. The number of rotatable bonds is 5. The molecule has 1 aromatic carbocycles. The smallest absolute Gasteiger partial charge is 0.230 e. The molecule has 0 radical (unpaired) electrons. The summed E-state index contributed by atoms with van der Waals surface area (Å²) in [6, 6.07) is 7.43. The zero-order chi connectivity index (χ0) is 18.0. The number of thiophene rings is 1. The Morgan fingerprint density at radius 3 is 2.72 bits per heavy atom. The molecule has 1 atom stereocenters. The molecule has 4 nitrogen and oxygen atoms in total. The Balaban J connectivity index is 1.65. The van der Waals surface area contributed by atoms with Crippen LogP contribution < -0.4 is 5.32 Å². The summed E-state index contributed by atoms with van der Waals surface area (Å²) in [4.78, 5) is 23.2. The van der Waals surface area contributed by atoms with Crippen LogP contribution in [-0.4, -0.2) is 21.6 Å². The lowest BCUT2D eigenvalue weighted by Gasteiger charge is -2.14. The van der Waals surface area contributed by atoms with Gasteiger partial charge < -0.3 is 5.32 Å². The van der Waals surface area contributed by atoms with Crippen LogP contribution >= 0.6 is 34.7 Å².